The van der Waals surface area contributed by atoms with Crippen LogP contribution in [0.4, 0.5) is 0 Å². The number of amides is 1. The highest BCUT2D eigenvalue weighted by Crippen LogP contribution is 2.23. The summed E-state index contributed by atoms with van der Waals surface area (Å²) in [7, 11) is 1.66. The number of aliphatic hydroxyl groups excluding tert-OH is 1. The van der Waals surface area contributed by atoms with Crippen LogP contribution in [0.25, 0.3) is 0 Å². The highest BCUT2D eigenvalue weighted by Gasteiger charge is 2.35. The third kappa shape index (κ3) is 5.01. The molecule has 0 aliphatic carbocycles. The van der Waals surface area contributed by atoms with Crippen molar-refractivity contribution in [3.63, 3.8) is 0 Å². The summed E-state index contributed by atoms with van der Waals surface area (Å²) in [4.78, 5) is 38.5. The molecule has 0 unspecified atom stereocenters. The molecule has 2 aliphatic rings. The number of nitrogens with one attached hydrogen (secondary N) is 1. The van der Waals surface area contributed by atoms with Gasteiger partial charge in [0.2, 0.25) is 0 Å². The van der Waals surface area contributed by atoms with Gasteiger partial charge < -0.3 is 29.3 Å². The molecule has 1 saturated heterocycles. The number of pyridine rings is 1. The molecule has 2 aromatic rings. The molecule has 1 amide bonds. The van der Waals surface area contributed by atoms with Crippen molar-refractivity contribution in [1.29, 1.82) is 0 Å². The van der Waals surface area contributed by atoms with Gasteiger partial charge in [-0.15, -0.1) is 0 Å². The molecule has 0 bridgehead atoms. The lowest BCUT2D eigenvalue weighted by molar-refractivity contribution is -0.178. The Morgan fingerprint density at radius 2 is 2.09 bits per heavy atom. The minimum absolute atomic E-state index is 0.0913. The molecular weight excluding hydrogens is 418 g/mol. The van der Waals surface area contributed by atoms with Crippen LogP contribution >= 0.6 is 0 Å². The van der Waals surface area contributed by atoms with E-state index in [9.17, 15) is 9.59 Å². The van der Waals surface area contributed by atoms with Crippen LogP contribution in [0.2, 0.25) is 0 Å². The highest BCUT2D eigenvalue weighted by molar-refractivity contribution is 6.02. The zero-order valence-electron chi connectivity index (χ0n) is 17.9. The van der Waals surface area contributed by atoms with Gasteiger partial charge in [0.05, 0.1) is 25.5 Å². The van der Waals surface area contributed by atoms with Crippen LogP contribution in [0.5, 0.6) is 0 Å². The molecular formula is C21H25N5O6. The Kier molecular flexibility index (Phi) is 6.58. The van der Waals surface area contributed by atoms with Crippen molar-refractivity contribution in [2.75, 3.05) is 19.8 Å². The Morgan fingerprint density at radius 1 is 1.25 bits per heavy atom. The number of carbonyl (C=O) groups excluding carboxylic acids is 1. The Hall–Kier alpha value is -3.15. The maximum atomic E-state index is 12.6. The molecule has 4 rings (SSSR count). The number of aromatic nitrogens is 3. The summed E-state index contributed by atoms with van der Waals surface area (Å²) < 4.78 is 12.7. The normalized spacial score (nSPS) is 22.8. The lowest BCUT2D eigenvalue weighted by Crippen LogP contribution is -2.43. The maximum absolute atomic E-state index is 12.6. The first-order valence-corrected chi connectivity index (χ1v) is 10.3. The minimum Gasteiger partial charge on any atom is -0.394 e. The summed E-state index contributed by atoms with van der Waals surface area (Å²) in [5, 5.41) is 16.0. The summed E-state index contributed by atoms with van der Waals surface area (Å²) >= 11 is 0. The van der Waals surface area contributed by atoms with Crippen molar-refractivity contribution in [2.24, 2.45) is 12.2 Å². The fourth-order valence-corrected chi connectivity index (χ4v) is 3.43. The largest absolute Gasteiger partial charge is 0.394 e. The number of carbonyl (C=O) groups is 1. The van der Waals surface area contributed by atoms with Crippen molar-refractivity contribution in [3.8, 4) is 0 Å². The highest BCUT2D eigenvalue weighted by atomic mass is 16.7. The first kappa shape index (κ1) is 22.1. The number of nitrogens with zero attached hydrogens (tertiary/aromatic N) is 4. The SMILES string of the molecule is Cc1nc(C(=O)NCc2ccn(C)c(=O)c2)cc(C2=NO[C@H]([C@H]3CO[C@H](CO)CO3)C2)n1. The molecule has 2 aliphatic heterocycles. The molecule has 0 saturated carbocycles. The van der Waals surface area contributed by atoms with Crippen LogP contribution in [0, 0.1) is 6.92 Å². The van der Waals surface area contributed by atoms with E-state index in [0.717, 1.165) is 0 Å². The van der Waals surface area contributed by atoms with Crippen molar-refractivity contribution in [1.82, 2.24) is 19.9 Å². The molecule has 2 aromatic heterocycles. The van der Waals surface area contributed by atoms with Gasteiger partial charge in [-0.2, -0.15) is 0 Å². The van der Waals surface area contributed by atoms with Gasteiger partial charge in [-0.05, 0) is 24.6 Å². The van der Waals surface area contributed by atoms with Gasteiger partial charge in [-0.25, -0.2) is 9.97 Å². The predicted octanol–water partition coefficient (Wildman–Crippen LogP) is -0.317. The summed E-state index contributed by atoms with van der Waals surface area (Å²) in [6, 6.07) is 4.81. The van der Waals surface area contributed by atoms with Crippen molar-refractivity contribution in [3.05, 3.63) is 57.5 Å². The minimum atomic E-state index is -0.382. The van der Waals surface area contributed by atoms with Gasteiger partial charge in [-0.3, -0.25) is 9.59 Å². The maximum Gasteiger partial charge on any atom is 0.270 e. The summed E-state index contributed by atoms with van der Waals surface area (Å²) in [5.74, 6) is 0.0444. The molecule has 32 heavy (non-hydrogen) atoms. The molecule has 1 fully saturated rings. The van der Waals surface area contributed by atoms with Gasteiger partial charge in [0.1, 0.15) is 29.4 Å². The molecule has 0 radical (unpaired) electrons. The fraction of sp³-hybridized carbons (Fsp3) is 0.476. The lowest BCUT2D eigenvalue weighted by Gasteiger charge is -2.30. The third-order valence-electron chi connectivity index (χ3n) is 5.29. The van der Waals surface area contributed by atoms with Gasteiger partial charge in [0, 0.05) is 32.3 Å². The van der Waals surface area contributed by atoms with E-state index >= 15 is 0 Å². The van der Waals surface area contributed by atoms with E-state index in [1.807, 2.05) is 0 Å². The van der Waals surface area contributed by atoms with E-state index in [2.05, 4.69) is 20.4 Å². The van der Waals surface area contributed by atoms with E-state index in [4.69, 9.17) is 19.4 Å². The molecule has 3 atom stereocenters. The predicted molar refractivity (Wildman–Crippen MR) is 112 cm³/mol. The van der Waals surface area contributed by atoms with E-state index in [1.54, 1.807) is 32.3 Å². The number of oxime groups is 1. The average molecular weight is 443 g/mol. The van der Waals surface area contributed by atoms with E-state index < -0.39 is 0 Å². The standard InChI is InChI=1S/C21H25N5O6/c1-12-23-15(16-7-18(32-25-16)19-11-30-14(9-27)10-31-19)6-17(24-12)21(29)22-8-13-3-4-26(2)20(28)5-13/h3-6,14,18-19,27H,7-11H2,1-2H3,(H,22,29)/t14-,18+,19-/m1/s1. The molecule has 11 nitrogen and oxygen atoms in total. The number of aliphatic hydroxyl groups is 1. The number of ether oxygens (including phenoxy) is 2. The second-order valence-electron chi connectivity index (χ2n) is 7.75. The number of hydrogen-bond acceptors (Lipinski definition) is 9. The quantitative estimate of drug-likeness (QED) is 0.620. The molecule has 0 spiro atoms. The topological polar surface area (TPSA) is 137 Å². The average Bonchev–Trinajstić information content (AvgIpc) is 3.30. The van der Waals surface area contributed by atoms with Crippen molar-refractivity contribution >= 4 is 11.6 Å². The van der Waals surface area contributed by atoms with Crippen LogP contribution in [-0.4, -0.2) is 69.4 Å². The van der Waals surface area contributed by atoms with Crippen LogP contribution < -0.4 is 10.9 Å². The van der Waals surface area contributed by atoms with E-state index in [0.29, 0.717) is 42.4 Å². The van der Waals surface area contributed by atoms with Crippen LogP contribution in [0.1, 0.15) is 34.0 Å². The molecule has 4 heterocycles. The van der Waals surface area contributed by atoms with Crippen LogP contribution in [0.15, 0.2) is 34.3 Å². The number of hydrogen-bond donors (Lipinski definition) is 2. The zero-order valence-corrected chi connectivity index (χ0v) is 17.9. The molecule has 0 aromatic carbocycles. The van der Waals surface area contributed by atoms with Gasteiger partial charge in [-0.1, -0.05) is 5.16 Å². The third-order valence-corrected chi connectivity index (χ3v) is 5.29. The summed E-state index contributed by atoms with van der Waals surface area (Å²) in [5.41, 5.74) is 1.84. The second kappa shape index (κ2) is 9.55. The fourth-order valence-electron chi connectivity index (χ4n) is 3.43. The van der Waals surface area contributed by atoms with E-state index in [1.165, 1.54) is 10.6 Å². The molecule has 11 heteroatoms. The lowest BCUT2D eigenvalue weighted by atomic mass is 10.0. The Labute approximate surface area is 184 Å². The summed E-state index contributed by atoms with van der Waals surface area (Å²) in [6.45, 7) is 2.40. The van der Waals surface area contributed by atoms with Crippen LogP contribution in [-0.2, 0) is 27.9 Å². The van der Waals surface area contributed by atoms with E-state index in [-0.39, 0.29) is 48.6 Å². The first-order chi connectivity index (χ1) is 15.4. The Morgan fingerprint density at radius 3 is 2.81 bits per heavy atom. The van der Waals surface area contributed by atoms with Gasteiger partial charge in [0.15, 0.2) is 6.10 Å². The van der Waals surface area contributed by atoms with Crippen molar-refractivity contribution < 1.29 is 24.2 Å². The zero-order chi connectivity index (χ0) is 22.7. The molecule has 170 valence electrons. The van der Waals surface area contributed by atoms with Crippen LogP contribution in [0.3, 0.4) is 0 Å². The number of aryl methyl sites for hydroxylation is 2. The van der Waals surface area contributed by atoms with Gasteiger partial charge in [0.25, 0.3) is 11.5 Å². The smallest absolute Gasteiger partial charge is 0.270 e. The van der Waals surface area contributed by atoms with Gasteiger partial charge >= 0.3 is 0 Å². The monoisotopic (exact) mass is 443 g/mol. The first-order valence-electron chi connectivity index (χ1n) is 10.3. The van der Waals surface area contributed by atoms with Crippen molar-refractivity contribution in [2.45, 2.75) is 38.2 Å². The summed E-state index contributed by atoms with van der Waals surface area (Å²) in [6.07, 6.45) is 1.14. The molecule has 2 N–H and O–H groups in total. The Bertz CT molecular complexity index is 1080. The second-order valence-corrected chi connectivity index (χ2v) is 7.75. The Balaban J connectivity index is 1.39. The number of rotatable bonds is 6.